The van der Waals surface area contributed by atoms with Gasteiger partial charge in [-0.1, -0.05) is 32.1 Å². The van der Waals surface area contributed by atoms with Crippen molar-refractivity contribution >= 4 is 23.1 Å². The van der Waals surface area contributed by atoms with Crippen LogP contribution >= 0.6 is 12.2 Å². The third-order valence-corrected chi connectivity index (χ3v) is 3.44. The van der Waals surface area contributed by atoms with Crippen molar-refractivity contribution in [3.8, 4) is 0 Å². The number of aliphatic hydroxyl groups is 1. The van der Waals surface area contributed by atoms with Crippen LogP contribution in [0.3, 0.4) is 0 Å². The summed E-state index contributed by atoms with van der Waals surface area (Å²) in [5.41, 5.74) is 5.38. The second kappa shape index (κ2) is 10.6. The van der Waals surface area contributed by atoms with Crippen molar-refractivity contribution in [1.82, 2.24) is 5.32 Å². The Labute approximate surface area is 136 Å². The fourth-order valence-electron chi connectivity index (χ4n) is 2.11. The normalized spacial score (nSPS) is 27.8. The van der Waals surface area contributed by atoms with Gasteiger partial charge in [-0.15, -0.1) is 0 Å². The summed E-state index contributed by atoms with van der Waals surface area (Å²) in [6, 6.07) is 0. The predicted octanol–water partition coefficient (Wildman–Crippen LogP) is 0.108. The fourth-order valence-corrected chi connectivity index (χ4v) is 2.41. The summed E-state index contributed by atoms with van der Waals surface area (Å²) in [5.74, 6) is -0.621. The Bertz CT molecular complexity index is 403. The largest absolute Gasteiger partial charge is 0.394 e. The van der Waals surface area contributed by atoms with Gasteiger partial charge in [0.1, 0.15) is 35.1 Å². The molecule has 0 bridgehead atoms. The Morgan fingerprint density at radius 1 is 1.36 bits per heavy atom. The number of aliphatic hydroxyl groups excluding tert-OH is 1. The van der Waals surface area contributed by atoms with E-state index in [0.29, 0.717) is 0 Å². The molecule has 1 fully saturated rings. The lowest BCUT2D eigenvalue weighted by atomic mass is 10.1. The van der Waals surface area contributed by atoms with Gasteiger partial charge in [-0.25, -0.2) is 0 Å². The number of carbonyl (C=O) groups is 1. The van der Waals surface area contributed by atoms with Crippen LogP contribution in [0.5, 0.6) is 0 Å². The zero-order chi connectivity index (χ0) is 17.3. The Hall–Kier alpha value is -1.06. The summed E-state index contributed by atoms with van der Waals surface area (Å²) in [5, 5.41) is 12.0. The van der Waals surface area contributed by atoms with E-state index in [1.807, 2.05) is 13.8 Å². The van der Waals surface area contributed by atoms with Crippen LogP contribution in [0.15, 0.2) is 11.8 Å². The van der Waals surface area contributed by atoms with Gasteiger partial charge in [-0.05, 0) is 6.92 Å². The molecule has 1 aliphatic rings. The van der Waals surface area contributed by atoms with Crippen molar-refractivity contribution in [2.24, 2.45) is 5.73 Å². The summed E-state index contributed by atoms with van der Waals surface area (Å²) >= 11 is 5.22. The molecule has 1 heterocycles. The van der Waals surface area contributed by atoms with Crippen LogP contribution in [0.1, 0.15) is 20.8 Å². The molecule has 1 rings (SSSR count). The van der Waals surface area contributed by atoms with Crippen LogP contribution in [0.2, 0.25) is 0 Å². The molecule has 0 radical (unpaired) electrons. The highest BCUT2D eigenvalue weighted by molar-refractivity contribution is 7.80. The minimum atomic E-state index is -0.633. The Balaban J connectivity index is 0.00000211. The van der Waals surface area contributed by atoms with E-state index in [4.69, 9.17) is 32.2 Å². The third kappa shape index (κ3) is 4.99. The lowest BCUT2D eigenvalue weighted by Crippen LogP contribution is -2.44. The predicted molar refractivity (Wildman–Crippen MR) is 87.4 cm³/mol. The molecule has 0 aromatic heterocycles. The highest BCUT2D eigenvalue weighted by atomic mass is 32.1. The number of primary amides is 1. The number of thiocarbonyl (C=S) groups is 1. The molecule has 128 valence electrons. The first-order valence-corrected chi connectivity index (χ1v) is 7.49. The second-order valence-corrected chi connectivity index (χ2v) is 4.67. The number of rotatable bonds is 6. The highest BCUT2D eigenvalue weighted by Crippen LogP contribution is 2.26. The Morgan fingerprint density at radius 2 is 1.91 bits per heavy atom. The van der Waals surface area contributed by atoms with E-state index in [2.05, 4.69) is 5.32 Å². The maximum Gasteiger partial charge on any atom is 0.264 e. The Morgan fingerprint density at radius 3 is 2.27 bits per heavy atom. The van der Waals surface area contributed by atoms with Crippen LogP contribution in [0.4, 0.5) is 0 Å². The molecule has 7 nitrogen and oxygen atoms in total. The quantitative estimate of drug-likeness (QED) is 0.468. The molecule has 22 heavy (non-hydrogen) atoms. The number of ether oxygens (including phenoxy) is 3. The van der Waals surface area contributed by atoms with E-state index in [9.17, 15) is 9.90 Å². The van der Waals surface area contributed by atoms with Gasteiger partial charge in [0, 0.05) is 14.2 Å². The van der Waals surface area contributed by atoms with Gasteiger partial charge in [-0.2, -0.15) is 0 Å². The molecule has 0 aromatic rings. The van der Waals surface area contributed by atoms with Crippen molar-refractivity contribution in [3.63, 3.8) is 0 Å². The van der Waals surface area contributed by atoms with Crippen LogP contribution in [-0.4, -0.2) is 61.2 Å². The van der Waals surface area contributed by atoms with Gasteiger partial charge in [-0.3, -0.25) is 4.79 Å². The average molecular weight is 334 g/mol. The number of allylic oxidation sites excluding steroid dienone is 1. The molecule has 0 aliphatic carbocycles. The maximum absolute atomic E-state index is 11.2. The zero-order valence-corrected chi connectivity index (χ0v) is 14.5. The molecular weight excluding hydrogens is 308 g/mol. The van der Waals surface area contributed by atoms with Gasteiger partial charge in [0.2, 0.25) is 0 Å². The van der Waals surface area contributed by atoms with E-state index in [1.165, 1.54) is 20.3 Å². The summed E-state index contributed by atoms with van der Waals surface area (Å²) < 4.78 is 16.2. The van der Waals surface area contributed by atoms with E-state index < -0.39 is 30.3 Å². The van der Waals surface area contributed by atoms with Crippen LogP contribution in [0.25, 0.3) is 0 Å². The van der Waals surface area contributed by atoms with Gasteiger partial charge in [0.25, 0.3) is 5.91 Å². The number of methoxy groups -OCH3 is 2. The van der Waals surface area contributed by atoms with E-state index >= 15 is 0 Å². The number of amides is 1. The summed E-state index contributed by atoms with van der Waals surface area (Å²) in [7, 11) is 3.00. The number of nitrogens with one attached hydrogen (secondary N) is 1. The second-order valence-electron chi connectivity index (χ2n) is 4.23. The third-order valence-electron chi connectivity index (χ3n) is 3.10. The van der Waals surface area contributed by atoms with Gasteiger partial charge < -0.3 is 30.4 Å². The molecule has 1 amide bonds. The Kier molecular flexibility index (Phi) is 10.1. The van der Waals surface area contributed by atoms with Crippen LogP contribution in [-0.2, 0) is 19.0 Å². The topological polar surface area (TPSA) is 103 Å². The van der Waals surface area contributed by atoms with Crippen molar-refractivity contribution in [2.45, 2.75) is 45.2 Å². The summed E-state index contributed by atoms with van der Waals surface area (Å²) in [6.07, 6.45) is -0.591. The first kappa shape index (κ1) is 20.9. The van der Waals surface area contributed by atoms with Gasteiger partial charge in [0.05, 0.1) is 6.61 Å². The van der Waals surface area contributed by atoms with Crippen molar-refractivity contribution in [3.05, 3.63) is 11.8 Å². The molecule has 8 heteroatoms. The smallest absolute Gasteiger partial charge is 0.264 e. The number of nitrogens with two attached hydrogens (primary N) is 1. The monoisotopic (exact) mass is 334 g/mol. The minimum Gasteiger partial charge on any atom is -0.394 e. The molecule has 1 saturated heterocycles. The first-order valence-electron chi connectivity index (χ1n) is 7.09. The van der Waals surface area contributed by atoms with Crippen molar-refractivity contribution < 1.29 is 24.1 Å². The molecule has 4 N–H and O–H groups in total. The molecular formula is C14H26N2O5S. The number of carbonyl (C=O) groups excluding carboxylic acids is 1. The van der Waals surface area contributed by atoms with E-state index in [-0.39, 0.29) is 17.3 Å². The standard InChI is InChI=1S/C12H20N2O5S.C2H6/c1-4-6(11(13)16)14-12(20)10-9(18-3)8(17-2)7(5-15)19-10;1-2/h4,7-10,15H,5H2,1-3H3,(H2,13,16)(H,14,20);1-2H3/b6-4-;. The molecule has 4 unspecified atom stereocenters. The van der Waals surface area contributed by atoms with Crippen molar-refractivity contribution in [1.29, 1.82) is 0 Å². The summed E-state index contributed by atoms with van der Waals surface area (Å²) in [6.45, 7) is 5.44. The van der Waals surface area contributed by atoms with Gasteiger partial charge >= 0.3 is 0 Å². The molecule has 0 aromatic carbocycles. The van der Waals surface area contributed by atoms with Crippen LogP contribution < -0.4 is 11.1 Å². The van der Waals surface area contributed by atoms with E-state index in [0.717, 1.165) is 0 Å². The SMILES string of the molecule is C/C=C(\NC(=S)C1OC(CO)C(OC)C1OC)C(N)=O.CC. The van der Waals surface area contributed by atoms with Crippen molar-refractivity contribution in [2.75, 3.05) is 20.8 Å². The lowest BCUT2D eigenvalue weighted by Gasteiger charge is -2.22. The average Bonchev–Trinajstić information content (AvgIpc) is 2.91. The molecule has 1 aliphatic heterocycles. The minimum absolute atomic E-state index is 0.176. The van der Waals surface area contributed by atoms with E-state index in [1.54, 1.807) is 6.92 Å². The molecule has 4 atom stereocenters. The number of hydrogen-bond acceptors (Lipinski definition) is 6. The molecule has 0 spiro atoms. The number of hydrogen-bond donors (Lipinski definition) is 3. The lowest BCUT2D eigenvalue weighted by molar-refractivity contribution is -0.114. The first-order chi connectivity index (χ1) is 10.5. The fraction of sp³-hybridized carbons (Fsp3) is 0.714. The highest BCUT2D eigenvalue weighted by Gasteiger charge is 2.47. The zero-order valence-electron chi connectivity index (χ0n) is 13.7. The maximum atomic E-state index is 11.2. The molecule has 0 saturated carbocycles. The van der Waals surface area contributed by atoms with Crippen LogP contribution in [0, 0.1) is 0 Å². The summed E-state index contributed by atoms with van der Waals surface area (Å²) in [4.78, 5) is 11.4. The van der Waals surface area contributed by atoms with Gasteiger partial charge in [0.15, 0.2) is 0 Å².